The molecular formula is C11H12FNO2. The summed E-state index contributed by atoms with van der Waals surface area (Å²) in [5.41, 5.74) is 1.56. The van der Waals surface area contributed by atoms with Gasteiger partial charge in [-0.25, -0.2) is 4.39 Å². The number of fused-ring (bicyclic) bond motifs is 1. The first-order valence-corrected chi connectivity index (χ1v) is 4.76. The van der Waals surface area contributed by atoms with Gasteiger partial charge >= 0.3 is 0 Å². The lowest BCUT2D eigenvalue weighted by Crippen LogP contribution is -2.12. The quantitative estimate of drug-likeness (QED) is 0.806. The summed E-state index contributed by atoms with van der Waals surface area (Å²) in [6.45, 7) is 2.09. The summed E-state index contributed by atoms with van der Waals surface area (Å²) in [7, 11) is 1.55. The lowest BCUT2D eigenvalue weighted by Gasteiger charge is -2.11. The highest BCUT2D eigenvalue weighted by Crippen LogP contribution is 2.25. The van der Waals surface area contributed by atoms with Crippen molar-refractivity contribution in [3.63, 3.8) is 0 Å². The van der Waals surface area contributed by atoms with E-state index in [9.17, 15) is 9.18 Å². The minimum absolute atomic E-state index is 0.210. The second-order valence-electron chi connectivity index (χ2n) is 3.59. The Morgan fingerprint density at radius 3 is 2.93 bits per heavy atom. The summed E-state index contributed by atoms with van der Waals surface area (Å²) in [5, 5.41) is 2.59. The van der Waals surface area contributed by atoms with E-state index in [1.54, 1.807) is 13.2 Å². The maximum absolute atomic E-state index is 13.6. The van der Waals surface area contributed by atoms with Crippen molar-refractivity contribution in [1.82, 2.24) is 5.32 Å². The fourth-order valence-corrected chi connectivity index (χ4v) is 1.67. The first-order valence-electron chi connectivity index (χ1n) is 4.76. The number of rotatable bonds is 2. The van der Waals surface area contributed by atoms with Gasteiger partial charge in [0.25, 0.3) is 5.91 Å². The van der Waals surface area contributed by atoms with Gasteiger partial charge in [0.1, 0.15) is 5.82 Å². The largest absolute Gasteiger partial charge is 0.377 e. The second-order valence-corrected chi connectivity index (χ2v) is 3.59. The summed E-state index contributed by atoms with van der Waals surface area (Å²) in [4.78, 5) is 11.4. The number of hydrogen-bond donors (Lipinski definition) is 1. The van der Waals surface area contributed by atoms with Crippen molar-refractivity contribution in [2.45, 2.75) is 19.6 Å². The fraction of sp³-hybridized carbons (Fsp3) is 0.364. The number of halogens is 1. The summed E-state index contributed by atoms with van der Waals surface area (Å²) < 4.78 is 18.7. The normalized spacial score (nSPS) is 16.1. The van der Waals surface area contributed by atoms with Crippen LogP contribution in [0.15, 0.2) is 12.1 Å². The number of amides is 1. The van der Waals surface area contributed by atoms with E-state index >= 15 is 0 Å². The lowest BCUT2D eigenvalue weighted by molar-refractivity contribution is 0.0965. The molecule has 1 aliphatic heterocycles. The number of hydrogen-bond acceptors (Lipinski definition) is 2. The highest BCUT2D eigenvalue weighted by Gasteiger charge is 2.23. The average molecular weight is 209 g/mol. The zero-order valence-electron chi connectivity index (χ0n) is 8.63. The van der Waals surface area contributed by atoms with E-state index in [2.05, 4.69) is 5.32 Å². The maximum atomic E-state index is 13.6. The van der Waals surface area contributed by atoms with Crippen LogP contribution in [0.1, 0.15) is 34.5 Å². The van der Waals surface area contributed by atoms with Crippen LogP contribution in [0.25, 0.3) is 0 Å². The molecule has 0 bridgehead atoms. The zero-order chi connectivity index (χ0) is 11.0. The molecule has 1 heterocycles. The third-order valence-electron chi connectivity index (χ3n) is 2.71. The Morgan fingerprint density at radius 1 is 1.53 bits per heavy atom. The highest BCUT2D eigenvalue weighted by atomic mass is 19.1. The number of ether oxygens (including phenoxy) is 1. The van der Waals surface area contributed by atoms with Crippen molar-refractivity contribution < 1.29 is 13.9 Å². The Labute approximate surface area is 87.2 Å². The zero-order valence-corrected chi connectivity index (χ0v) is 8.63. The Hall–Kier alpha value is -1.42. The van der Waals surface area contributed by atoms with Crippen LogP contribution in [-0.4, -0.2) is 13.0 Å². The molecule has 0 saturated heterocycles. The molecule has 1 aliphatic rings. The molecule has 3 nitrogen and oxygen atoms in total. The molecule has 1 aromatic carbocycles. The first-order chi connectivity index (χ1) is 7.13. The molecule has 1 atom stereocenters. The van der Waals surface area contributed by atoms with Gasteiger partial charge in [0.05, 0.1) is 6.10 Å². The third-order valence-corrected chi connectivity index (χ3v) is 2.71. The van der Waals surface area contributed by atoms with E-state index in [0.717, 1.165) is 0 Å². The standard InChI is InChI=1S/C11H12FNO2/c1-6(15-2)7-3-8-9(10(12)4-7)5-13-11(8)14/h3-4,6H,5H2,1-2H3,(H,13,14). The van der Waals surface area contributed by atoms with Crippen molar-refractivity contribution in [3.05, 3.63) is 34.6 Å². The van der Waals surface area contributed by atoms with Crippen molar-refractivity contribution >= 4 is 5.91 Å². The Balaban J connectivity index is 2.50. The summed E-state index contributed by atoms with van der Waals surface area (Å²) >= 11 is 0. The van der Waals surface area contributed by atoms with Crippen LogP contribution >= 0.6 is 0 Å². The SMILES string of the molecule is COC(C)c1cc(F)c2c(c1)C(=O)NC2. The summed E-state index contributed by atoms with van der Waals surface area (Å²) in [5.74, 6) is -0.557. The molecule has 0 saturated carbocycles. The molecule has 1 N–H and O–H groups in total. The van der Waals surface area contributed by atoms with Gasteiger partial charge in [0, 0.05) is 24.8 Å². The topological polar surface area (TPSA) is 38.3 Å². The molecule has 80 valence electrons. The number of nitrogens with one attached hydrogen (secondary N) is 1. The average Bonchev–Trinajstić information content (AvgIpc) is 2.60. The van der Waals surface area contributed by atoms with Gasteiger partial charge in [-0.2, -0.15) is 0 Å². The molecule has 0 aliphatic carbocycles. The van der Waals surface area contributed by atoms with Crippen molar-refractivity contribution in [2.24, 2.45) is 0 Å². The lowest BCUT2D eigenvalue weighted by atomic mass is 10.0. The summed E-state index contributed by atoms with van der Waals surface area (Å²) in [6, 6.07) is 3.11. The fourth-order valence-electron chi connectivity index (χ4n) is 1.67. The Kier molecular flexibility index (Phi) is 2.44. The molecule has 1 unspecified atom stereocenters. The predicted molar refractivity (Wildman–Crippen MR) is 53.0 cm³/mol. The van der Waals surface area contributed by atoms with Gasteiger partial charge in [-0.15, -0.1) is 0 Å². The van der Waals surface area contributed by atoms with E-state index in [-0.39, 0.29) is 24.4 Å². The molecule has 0 fully saturated rings. The van der Waals surface area contributed by atoms with E-state index < -0.39 is 0 Å². The molecule has 0 radical (unpaired) electrons. The number of carbonyl (C=O) groups excluding carboxylic acids is 1. The van der Waals surface area contributed by atoms with Gasteiger partial charge in [-0.1, -0.05) is 0 Å². The molecule has 15 heavy (non-hydrogen) atoms. The molecule has 1 aromatic rings. The molecule has 2 rings (SSSR count). The molecule has 4 heteroatoms. The number of benzene rings is 1. The third kappa shape index (κ3) is 1.61. The first kappa shape index (κ1) is 10.1. The minimum atomic E-state index is -0.343. The molecular weight excluding hydrogens is 197 g/mol. The van der Waals surface area contributed by atoms with E-state index in [0.29, 0.717) is 16.7 Å². The van der Waals surface area contributed by atoms with Crippen LogP contribution in [-0.2, 0) is 11.3 Å². The van der Waals surface area contributed by atoms with Crippen LogP contribution in [0.3, 0.4) is 0 Å². The minimum Gasteiger partial charge on any atom is -0.377 e. The Bertz CT molecular complexity index is 417. The molecule has 0 aromatic heterocycles. The summed E-state index contributed by atoms with van der Waals surface area (Å²) in [6.07, 6.45) is -0.210. The monoisotopic (exact) mass is 209 g/mol. The van der Waals surface area contributed by atoms with Crippen LogP contribution in [0.4, 0.5) is 4.39 Å². The van der Waals surface area contributed by atoms with Gasteiger partial charge in [0.2, 0.25) is 0 Å². The smallest absolute Gasteiger partial charge is 0.252 e. The van der Waals surface area contributed by atoms with Crippen LogP contribution in [0.2, 0.25) is 0 Å². The van der Waals surface area contributed by atoms with Crippen molar-refractivity contribution in [3.8, 4) is 0 Å². The van der Waals surface area contributed by atoms with Gasteiger partial charge < -0.3 is 10.1 Å². The Morgan fingerprint density at radius 2 is 2.27 bits per heavy atom. The van der Waals surface area contributed by atoms with E-state index in [4.69, 9.17) is 4.74 Å². The van der Waals surface area contributed by atoms with Crippen molar-refractivity contribution in [1.29, 1.82) is 0 Å². The van der Waals surface area contributed by atoms with E-state index in [1.807, 2.05) is 6.92 Å². The number of carbonyl (C=O) groups is 1. The van der Waals surface area contributed by atoms with Crippen LogP contribution in [0.5, 0.6) is 0 Å². The van der Waals surface area contributed by atoms with Crippen molar-refractivity contribution in [2.75, 3.05) is 7.11 Å². The van der Waals surface area contributed by atoms with Crippen LogP contribution in [0, 0.1) is 5.82 Å². The highest BCUT2D eigenvalue weighted by molar-refractivity contribution is 5.98. The molecule has 0 spiro atoms. The second kappa shape index (κ2) is 3.62. The van der Waals surface area contributed by atoms with Gasteiger partial charge in [-0.3, -0.25) is 4.79 Å². The van der Waals surface area contributed by atoms with Crippen LogP contribution < -0.4 is 5.32 Å². The molecule has 1 amide bonds. The van der Waals surface area contributed by atoms with Gasteiger partial charge in [-0.05, 0) is 24.6 Å². The number of methoxy groups -OCH3 is 1. The van der Waals surface area contributed by atoms with Gasteiger partial charge in [0.15, 0.2) is 0 Å². The van der Waals surface area contributed by atoms with E-state index in [1.165, 1.54) is 6.07 Å². The predicted octanol–water partition coefficient (Wildman–Crippen LogP) is 1.78. The maximum Gasteiger partial charge on any atom is 0.252 e.